The van der Waals surface area contributed by atoms with Gasteiger partial charge in [-0.3, -0.25) is 23.9 Å². The van der Waals surface area contributed by atoms with Crippen LogP contribution in [0.1, 0.15) is 53.5 Å². The van der Waals surface area contributed by atoms with Gasteiger partial charge in [0.15, 0.2) is 0 Å². The zero-order chi connectivity index (χ0) is 31.7. The largest absolute Gasteiger partial charge is 0.480 e. The zero-order valence-electron chi connectivity index (χ0n) is 26.1. The van der Waals surface area contributed by atoms with Crippen LogP contribution in [0.15, 0.2) is 18.2 Å². The molecule has 3 aliphatic rings. The number of benzene rings is 1. The summed E-state index contributed by atoms with van der Waals surface area (Å²) >= 11 is 6.46. The SMILES string of the molecule is CC(=O)N1CCC(C(=O)N(CCCN2CC3CN(C(=O)c4c(C)nn(CC(=O)O)c4C)CC3C2)c2ccc(C)c(Cl)c2)CC1. The van der Waals surface area contributed by atoms with Crippen molar-refractivity contribution < 1.29 is 24.3 Å². The Kier molecular flexibility index (Phi) is 9.65. The third-order valence-corrected chi connectivity index (χ3v) is 10.0. The first-order valence-corrected chi connectivity index (χ1v) is 15.9. The van der Waals surface area contributed by atoms with E-state index in [1.807, 2.05) is 39.8 Å². The molecule has 3 fully saturated rings. The smallest absolute Gasteiger partial charge is 0.325 e. The monoisotopic (exact) mass is 626 g/mol. The lowest BCUT2D eigenvalue weighted by Gasteiger charge is -2.34. The summed E-state index contributed by atoms with van der Waals surface area (Å²) in [7, 11) is 0. The van der Waals surface area contributed by atoms with Gasteiger partial charge in [-0.2, -0.15) is 5.10 Å². The number of anilines is 1. The van der Waals surface area contributed by atoms with E-state index in [1.165, 1.54) is 4.68 Å². The Morgan fingerprint density at radius 3 is 2.25 bits per heavy atom. The molecule has 2 aromatic rings. The molecule has 12 heteroatoms. The van der Waals surface area contributed by atoms with E-state index in [9.17, 15) is 19.2 Å². The number of nitrogens with zero attached hydrogens (tertiary/aromatic N) is 6. The van der Waals surface area contributed by atoms with Crippen LogP contribution in [0, 0.1) is 38.5 Å². The van der Waals surface area contributed by atoms with Gasteiger partial charge in [0.25, 0.3) is 5.91 Å². The van der Waals surface area contributed by atoms with Crippen LogP contribution >= 0.6 is 11.6 Å². The molecule has 0 bridgehead atoms. The maximum absolute atomic E-state index is 13.8. The molecule has 0 aliphatic carbocycles. The summed E-state index contributed by atoms with van der Waals surface area (Å²) in [6, 6.07) is 5.79. The van der Waals surface area contributed by atoms with Gasteiger partial charge in [-0.25, -0.2) is 0 Å². The number of halogens is 1. The maximum atomic E-state index is 13.8. The minimum absolute atomic E-state index is 0.0537. The fraction of sp³-hybridized carbons (Fsp3) is 0.594. The number of aliphatic carboxylic acids is 1. The first-order valence-electron chi connectivity index (χ1n) is 15.5. The highest BCUT2D eigenvalue weighted by molar-refractivity contribution is 6.31. The van der Waals surface area contributed by atoms with Crippen molar-refractivity contribution in [1.29, 1.82) is 0 Å². The molecule has 3 amide bonds. The lowest BCUT2D eigenvalue weighted by atomic mass is 9.94. The van der Waals surface area contributed by atoms with Crippen molar-refractivity contribution in [3.8, 4) is 0 Å². The molecule has 11 nitrogen and oxygen atoms in total. The van der Waals surface area contributed by atoms with Crippen LogP contribution in [0.2, 0.25) is 5.02 Å². The summed E-state index contributed by atoms with van der Waals surface area (Å²) in [4.78, 5) is 58.2. The van der Waals surface area contributed by atoms with Gasteiger partial charge in [0.1, 0.15) is 6.54 Å². The minimum atomic E-state index is -0.990. The molecule has 3 aliphatic heterocycles. The van der Waals surface area contributed by atoms with Crippen LogP contribution in [0.3, 0.4) is 0 Å². The van der Waals surface area contributed by atoms with E-state index in [0.717, 1.165) is 37.3 Å². The summed E-state index contributed by atoms with van der Waals surface area (Å²) in [5, 5.41) is 14.1. The van der Waals surface area contributed by atoms with Crippen molar-refractivity contribution in [3.63, 3.8) is 0 Å². The van der Waals surface area contributed by atoms with Crippen LogP contribution in [-0.4, -0.2) is 106 Å². The average Bonchev–Trinajstić information content (AvgIpc) is 3.63. The summed E-state index contributed by atoms with van der Waals surface area (Å²) in [5.74, 6) is -0.268. The molecule has 3 saturated heterocycles. The van der Waals surface area contributed by atoms with E-state index >= 15 is 0 Å². The number of hydrogen-bond donors (Lipinski definition) is 1. The number of amides is 3. The number of hydrogen-bond acceptors (Lipinski definition) is 6. The molecule has 44 heavy (non-hydrogen) atoms. The molecule has 5 rings (SSSR count). The van der Waals surface area contributed by atoms with Crippen LogP contribution in [0.25, 0.3) is 0 Å². The van der Waals surface area contributed by atoms with Crippen molar-refractivity contribution in [3.05, 3.63) is 45.7 Å². The van der Waals surface area contributed by atoms with Gasteiger partial charge < -0.3 is 24.7 Å². The Morgan fingerprint density at radius 2 is 1.66 bits per heavy atom. The van der Waals surface area contributed by atoms with E-state index in [1.54, 1.807) is 20.8 Å². The van der Waals surface area contributed by atoms with E-state index < -0.39 is 5.97 Å². The summed E-state index contributed by atoms with van der Waals surface area (Å²) in [6.45, 7) is 12.6. The Hall–Kier alpha value is -3.44. The van der Waals surface area contributed by atoms with Crippen molar-refractivity contribution >= 4 is 41.0 Å². The van der Waals surface area contributed by atoms with Gasteiger partial charge in [-0.15, -0.1) is 0 Å². The fourth-order valence-electron chi connectivity index (χ4n) is 7.12. The Balaban J connectivity index is 1.17. The molecule has 0 radical (unpaired) electrons. The topological polar surface area (TPSA) is 119 Å². The number of likely N-dealkylation sites (tertiary alicyclic amines) is 3. The van der Waals surface area contributed by atoms with Gasteiger partial charge in [0.05, 0.1) is 11.3 Å². The molecular formula is C32H43ClN6O5. The number of aromatic nitrogens is 2. The molecule has 1 aromatic carbocycles. The van der Waals surface area contributed by atoms with Crippen molar-refractivity contribution in [2.75, 3.05) is 57.3 Å². The molecule has 0 saturated carbocycles. The normalized spacial score (nSPS) is 20.7. The fourth-order valence-corrected chi connectivity index (χ4v) is 7.29. The van der Waals surface area contributed by atoms with Crippen molar-refractivity contribution in [2.45, 2.75) is 53.5 Å². The van der Waals surface area contributed by atoms with E-state index in [-0.39, 0.29) is 30.2 Å². The second kappa shape index (κ2) is 13.3. The van der Waals surface area contributed by atoms with Gasteiger partial charge in [-0.1, -0.05) is 17.7 Å². The molecular weight excluding hydrogens is 584 g/mol. The number of carboxylic acid groups (broad SMARTS) is 1. The quantitative estimate of drug-likeness (QED) is 0.454. The third kappa shape index (κ3) is 6.78. The van der Waals surface area contributed by atoms with E-state index in [2.05, 4.69) is 10.00 Å². The first-order chi connectivity index (χ1) is 20.9. The first kappa shape index (κ1) is 32.0. The Labute approximate surface area is 263 Å². The number of carbonyl (C=O) groups is 4. The van der Waals surface area contributed by atoms with Gasteiger partial charge >= 0.3 is 5.97 Å². The van der Waals surface area contributed by atoms with Gasteiger partial charge in [0.2, 0.25) is 11.8 Å². The number of rotatable bonds is 9. The van der Waals surface area contributed by atoms with Crippen LogP contribution in [0.5, 0.6) is 0 Å². The molecule has 1 aromatic heterocycles. The number of carboxylic acids is 1. The lowest BCUT2D eigenvalue weighted by molar-refractivity contribution is -0.138. The highest BCUT2D eigenvalue weighted by Gasteiger charge is 2.42. The highest BCUT2D eigenvalue weighted by Crippen LogP contribution is 2.33. The number of carbonyl (C=O) groups excluding carboxylic acids is 3. The molecule has 1 N–H and O–H groups in total. The van der Waals surface area contributed by atoms with Crippen molar-refractivity contribution in [2.24, 2.45) is 17.8 Å². The second-order valence-electron chi connectivity index (χ2n) is 12.6. The van der Waals surface area contributed by atoms with Gasteiger partial charge in [-0.05, 0) is 76.1 Å². The predicted octanol–water partition coefficient (Wildman–Crippen LogP) is 3.23. The zero-order valence-corrected chi connectivity index (χ0v) is 26.8. The summed E-state index contributed by atoms with van der Waals surface area (Å²) in [5.41, 5.74) is 3.44. The molecule has 0 spiro atoms. The average molecular weight is 627 g/mol. The predicted molar refractivity (Wildman–Crippen MR) is 167 cm³/mol. The van der Waals surface area contributed by atoms with Crippen molar-refractivity contribution in [1.82, 2.24) is 24.5 Å². The lowest BCUT2D eigenvalue weighted by Crippen LogP contribution is -2.44. The molecule has 4 heterocycles. The Bertz CT molecular complexity index is 1420. The van der Waals surface area contributed by atoms with Crippen LogP contribution in [0.4, 0.5) is 5.69 Å². The second-order valence-corrected chi connectivity index (χ2v) is 13.1. The minimum Gasteiger partial charge on any atom is -0.480 e. The standard InChI is InChI=1S/C32H43ClN6O5/c1-20-6-7-27(14-28(20)33)38(31(43)24-8-12-36(13-9-24)23(4)40)11-5-10-35-15-25-17-37(18-26(25)16-35)32(44)30-21(2)34-39(22(30)3)19-29(41)42/h6-7,14,24-26H,5,8-13,15-19H2,1-4H3,(H,41,42). The molecule has 2 atom stereocenters. The molecule has 2 unspecified atom stereocenters. The number of piperidine rings is 1. The highest BCUT2D eigenvalue weighted by atomic mass is 35.5. The Morgan fingerprint density at radius 1 is 1.00 bits per heavy atom. The molecule has 238 valence electrons. The third-order valence-electron chi connectivity index (χ3n) is 9.61. The van der Waals surface area contributed by atoms with Crippen LogP contribution in [-0.2, 0) is 20.9 Å². The number of fused-ring (bicyclic) bond motifs is 1. The van der Waals surface area contributed by atoms with Gasteiger partial charge in [0, 0.05) is 75.1 Å². The summed E-state index contributed by atoms with van der Waals surface area (Å²) < 4.78 is 1.39. The van der Waals surface area contributed by atoms with E-state index in [4.69, 9.17) is 16.7 Å². The summed E-state index contributed by atoms with van der Waals surface area (Å²) in [6.07, 6.45) is 2.14. The maximum Gasteiger partial charge on any atom is 0.325 e. The van der Waals surface area contributed by atoms with Crippen LogP contribution < -0.4 is 4.90 Å². The van der Waals surface area contributed by atoms with E-state index in [0.29, 0.717) is 79.4 Å². The number of aryl methyl sites for hydroxylation is 2.